The van der Waals surface area contributed by atoms with Gasteiger partial charge in [-0.2, -0.15) is 0 Å². The number of benzene rings is 2. The highest BCUT2D eigenvalue weighted by atomic mass is 19.1. The Morgan fingerprint density at radius 1 is 1.07 bits per heavy atom. The first-order valence-electron chi connectivity index (χ1n) is 9.31. The second kappa shape index (κ2) is 7.87. The van der Waals surface area contributed by atoms with Gasteiger partial charge in [0, 0.05) is 42.3 Å². The van der Waals surface area contributed by atoms with Gasteiger partial charge in [-0.05, 0) is 48.5 Å². The lowest BCUT2D eigenvalue weighted by Crippen LogP contribution is -2.44. The lowest BCUT2D eigenvalue weighted by Gasteiger charge is -2.37. The van der Waals surface area contributed by atoms with Gasteiger partial charge in [0.05, 0.1) is 14.2 Å². The van der Waals surface area contributed by atoms with Gasteiger partial charge in [0.1, 0.15) is 23.4 Å². The molecule has 6 nitrogen and oxygen atoms in total. The number of nitrogens with one attached hydrogen (secondary N) is 1. The average Bonchev–Trinajstić information content (AvgIpc) is 3.23. The fourth-order valence-electron chi connectivity index (χ4n) is 3.70. The number of carbonyl (C=O) groups excluding carboxylic acids is 1. The van der Waals surface area contributed by atoms with Crippen LogP contribution in [-0.2, 0) is 6.54 Å². The van der Waals surface area contributed by atoms with Crippen molar-refractivity contribution >= 4 is 11.7 Å². The topological polar surface area (TPSA) is 55.7 Å². The van der Waals surface area contributed by atoms with Gasteiger partial charge in [-0.15, -0.1) is 0 Å². The molecule has 29 heavy (non-hydrogen) atoms. The maximum absolute atomic E-state index is 13.2. The van der Waals surface area contributed by atoms with Crippen LogP contribution in [0.1, 0.15) is 17.3 Å². The molecule has 3 aromatic rings. The van der Waals surface area contributed by atoms with E-state index in [2.05, 4.69) is 9.88 Å². The van der Waals surface area contributed by atoms with Gasteiger partial charge in [-0.3, -0.25) is 0 Å². The summed E-state index contributed by atoms with van der Waals surface area (Å²) in [7, 11) is 3.20. The third kappa shape index (κ3) is 3.63. The Kier molecular flexibility index (Phi) is 5.12. The minimum absolute atomic E-state index is 0.257. The Morgan fingerprint density at radius 3 is 2.59 bits per heavy atom. The van der Waals surface area contributed by atoms with E-state index >= 15 is 0 Å². The van der Waals surface area contributed by atoms with Gasteiger partial charge >= 0.3 is 6.03 Å². The van der Waals surface area contributed by atoms with Crippen molar-refractivity contribution in [2.45, 2.75) is 12.6 Å². The second-order valence-corrected chi connectivity index (χ2v) is 6.77. The summed E-state index contributed by atoms with van der Waals surface area (Å²) < 4.78 is 26.2. The van der Waals surface area contributed by atoms with E-state index in [1.54, 1.807) is 31.3 Å². The molecule has 1 aromatic heterocycles. The molecule has 7 heteroatoms. The molecule has 0 unspecified atom stereocenters. The Bertz CT molecular complexity index is 1020. The SMILES string of the molecule is COc1ccc([C@@H]2c3cccn3CCN2C(=O)Nc2ccc(F)cc2)c(OC)c1. The lowest BCUT2D eigenvalue weighted by molar-refractivity contribution is 0.180. The van der Waals surface area contributed by atoms with E-state index in [0.717, 1.165) is 11.3 Å². The molecule has 0 saturated carbocycles. The molecule has 1 aliphatic heterocycles. The molecule has 0 aliphatic carbocycles. The van der Waals surface area contributed by atoms with Gasteiger partial charge < -0.3 is 24.3 Å². The fourth-order valence-corrected chi connectivity index (χ4v) is 3.70. The van der Waals surface area contributed by atoms with Crippen LogP contribution in [0.3, 0.4) is 0 Å². The molecule has 2 heterocycles. The predicted molar refractivity (Wildman–Crippen MR) is 108 cm³/mol. The summed E-state index contributed by atoms with van der Waals surface area (Å²) in [6.07, 6.45) is 2.01. The van der Waals surface area contributed by atoms with Crippen LogP contribution < -0.4 is 14.8 Å². The number of nitrogens with zero attached hydrogens (tertiary/aromatic N) is 2. The molecule has 0 bridgehead atoms. The number of ether oxygens (including phenoxy) is 2. The third-order valence-corrected chi connectivity index (χ3v) is 5.13. The van der Waals surface area contributed by atoms with Crippen LogP contribution in [0.15, 0.2) is 60.8 Å². The molecule has 0 saturated heterocycles. The molecule has 150 valence electrons. The van der Waals surface area contributed by atoms with Crippen molar-refractivity contribution < 1.29 is 18.7 Å². The minimum atomic E-state index is -0.348. The zero-order valence-electron chi connectivity index (χ0n) is 16.3. The fraction of sp³-hybridized carbons (Fsp3) is 0.227. The third-order valence-electron chi connectivity index (χ3n) is 5.13. The van der Waals surface area contributed by atoms with E-state index in [9.17, 15) is 9.18 Å². The first-order valence-corrected chi connectivity index (χ1v) is 9.31. The van der Waals surface area contributed by atoms with Crippen LogP contribution in [0.4, 0.5) is 14.9 Å². The summed E-state index contributed by atoms with van der Waals surface area (Å²) in [6.45, 7) is 1.21. The summed E-state index contributed by atoms with van der Waals surface area (Å²) in [6, 6.07) is 14.7. The van der Waals surface area contributed by atoms with Crippen molar-refractivity contribution in [3.05, 3.63) is 77.9 Å². The van der Waals surface area contributed by atoms with E-state index in [1.165, 1.54) is 12.1 Å². The van der Waals surface area contributed by atoms with Crippen LogP contribution in [-0.4, -0.2) is 36.3 Å². The number of hydrogen-bond acceptors (Lipinski definition) is 3. The van der Waals surface area contributed by atoms with Crippen molar-refractivity contribution in [2.75, 3.05) is 26.1 Å². The summed E-state index contributed by atoms with van der Waals surface area (Å²) in [5.41, 5.74) is 2.40. The molecule has 4 rings (SSSR count). The summed E-state index contributed by atoms with van der Waals surface area (Å²) in [5, 5.41) is 2.87. The van der Waals surface area contributed by atoms with Gasteiger partial charge in [0.15, 0.2) is 0 Å². The highest BCUT2D eigenvalue weighted by molar-refractivity contribution is 5.90. The molecular formula is C22H22FN3O3. The summed E-state index contributed by atoms with van der Waals surface area (Å²) in [4.78, 5) is 14.9. The molecule has 1 atom stereocenters. The average molecular weight is 395 g/mol. The van der Waals surface area contributed by atoms with Gasteiger partial charge in [0.25, 0.3) is 0 Å². The van der Waals surface area contributed by atoms with E-state index in [4.69, 9.17) is 9.47 Å². The zero-order chi connectivity index (χ0) is 20.4. The molecule has 1 N–H and O–H groups in total. The Balaban J connectivity index is 1.71. The van der Waals surface area contributed by atoms with Gasteiger partial charge in [-0.25, -0.2) is 9.18 Å². The molecule has 0 fully saturated rings. The van der Waals surface area contributed by atoms with Crippen molar-refractivity contribution in [1.82, 2.24) is 9.47 Å². The Hall–Kier alpha value is -3.48. The highest BCUT2D eigenvalue weighted by Crippen LogP contribution is 2.39. The van der Waals surface area contributed by atoms with Crippen LogP contribution in [0.2, 0.25) is 0 Å². The minimum Gasteiger partial charge on any atom is -0.497 e. The second-order valence-electron chi connectivity index (χ2n) is 6.77. The Morgan fingerprint density at radius 2 is 1.86 bits per heavy atom. The molecule has 0 spiro atoms. The quantitative estimate of drug-likeness (QED) is 0.717. The number of amides is 2. The van der Waals surface area contributed by atoms with Crippen LogP contribution in [0.25, 0.3) is 0 Å². The van der Waals surface area contributed by atoms with E-state index in [1.807, 2.05) is 36.5 Å². The zero-order valence-corrected chi connectivity index (χ0v) is 16.3. The highest BCUT2D eigenvalue weighted by Gasteiger charge is 2.34. The van der Waals surface area contributed by atoms with Gasteiger partial charge in [0.2, 0.25) is 0 Å². The number of aromatic nitrogens is 1. The molecule has 2 amide bonds. The van der Waals surface area contributed by atoms with Crippen LogP contribution in [0, 0.1) is 5.82 Å². The van der Waals surface area contributed by atoms with Crippen molar-refractivity contribution in [3.63, 3.8) is 0 Å². The van der Waals surface area contributed by atoms with E-state index in [0.29, 0.717) is 30.3 Å². The number of fused-ring (bicyclic) bond motifs is 1. The van der Waals surface area contributed by atoms with E-state index < -0.39 is 0 Å². The Labute approximate surface area is 168 Å². The van der Waals surface area contributed by atoms with E-state index in [-0.39, 0.29) is 17.9 Å². The summed E-state index contributed by atoms with van der Waals surface area (Å²) >= 11 is 0. The first kappa shape index (κ1) is 18.9. The van der Waals surface area contributed by atoms with Crippen LogP contribution in [0.5, 0.6) is 11.5 Å². The van der Waals surface area contributed by atoms with Crippen molar-refractivity contribution in [1.29, 1.82) is 0 Å². The van der Waals surface area contributed by atoms with Crippen molar-refractivity contribution in [3.8, 4) is 11.5 Å². The smallest absolute Gasteiger partial charge is 0.322 e. The monoisotopic (exact) mass is 395 g/mol. The number of methoxy groups -OCH3 is 2. The lowest BCUT2D eigenvalue weighted by atomic mass is 9.99. The number of halogens is 1. The number of rotatable bonds is 4. The number of anilines is 1. The van der Waals surface area contributed by atoms with Crippen LogP contribution >= 0.6 is 0 Å². The number of carbonyl (C=O) groups is 1. The summed E-state index contributed by atoms with van der Waals surface area (Å²) in [5.74, 6) is 0.974. The molecule has 1 aliphatic rings. The number of hydrogen-bond donors (Lipinski definition) is 1. The molecular weight excluding hydrogens is 373 g/mol. The maximum Gasteiger partial charge on any atom is 0.322 e. The van der Waals surface area contributed by atoms with Crippen molar-refractivity contribution in [2.24, 2.45) is 0 Å². The predicted octanol–water partition coefficient (Wildman–Crippen LogP) is 4.28. The molecule has 2 aromatic carbocycles. The molecule has 0 radical (unpaired) electrons. The van der Waals surface area contributed by atoms with Gasteiger partial charge in [-0.1, -0.05) is 0 Å². The normalized spacial score (nSPS) is 15.6. The first-order chi connectivity index (χ1) is 14.1. The largest absolute Gasteiger partial charge is 0.497 e. The number of urea groups is 1. The standard InChI is InChI=1S/C22H22FN3O3/c1-28-17-9-10-18(20(14-17)29-2)21-19-4-3-11-25(19)12-13-26(21)22(27)24-16-7-5-15(23)6-8-16/h3-11,14,21H,12-13H2,1-2H3,(H,24,27)/t21-/m1/s1. The maximum atomic E-state index is 13.2.